The third-order valence-corrected chi connectivity index (χ3v) is 5.53. The summed E-state index contributed by atoms with van der Waals surface area (Å²) in [6.45, 7) is 0. The Hall–Kier alpha value is -3.75. The average molecular weight is 408 g/mol. The van der Waals surface area contributed by atoms with Crippen LogP contribution in [0.5, 0.6) is 11.5 Å². The topological polar surface area (TPSA) is 112 Å². The van der Waals surface area contributed by atoms with E-state index in [0.29, 0.717) is 41.5 Å². The number of Topliss-reactive ketones (excluding diaryl/α,β-unsaturated/α-hetero) is 1. The van der Waals surface area contributed by atoms with Gasteiger partial charge in [-0.1, -0.05) is 0 Å². The van der Waals surface area contributed by atoms with Crippen molar-refractivity contribution in [3.63, 3.8) is 0 Å². The fourth-order valence-electron chi connectivity index (χ4n) is 4.12. The van der Waals surface area contributed by atoms with Gasteiger partial charge in [-0.25, -0.2) is 4.63 Å². The number of methoxy groups -OCH3 is 2. The van der Waals surface area contributed by atoms with E-state index in [2.05, 4.69) is 20.9 Å². The quantitative estimate of drug-likeness (QED) is 0.668. The number of anilines is 2. The molecule has 5 rings (SSSR count). The number of benzene rings is 1. The number of nitrogens with zero attached hydrogens (tertiary/aromatic N) is 2. The van der Waals surface area contributed by atoms with Crippen LogP contribution < -0.4 is 20.1 Å². The van der Waals surface area contributed by atoms with Gasteiger partial charge in [0, 0.05) is 35.2 Å². The van der Waals surface area contributed by atoms with E-state index >= 15 is 0 Å². The summed E-state index contributed by atoms with van der Waals surface area (Å²) < 4.78 is 21.4. The largest absolute Gasteiger partial charge is 0.497 e. The van der Waals surface area contributed by atoms with Gasteiger partial charge in [0.15, 0.2) is 5.78 Å². The number of nitrogens with one attached hydrogen (secondary N) is 2. The van der Waals surface area contributed by atoms with Crippen LogP contribution in [0.4, 0.5) is 11.6 Å². The molecule has 0 saturated heterocycles. The Morgan fingerprint density at radius 3 is 2.73 bits per heavy atom. The SMILES string of the molecule is COc1ccc([C@H]2Nc3nonc3NC3=C2C(=O)C[C@@H](c2ccco2)C3)c(OC)c1. The molecular weight excluding hydrogens is 388 g/mol. The number of carbonyl (C=O) groups excluding carboxylic acids is 1. The minimum absolute atomic E-state index is 0.0163. The lowest BCUT2D eigenvalue weighted by atomic mass is 9.80. The summed E-state index contributed by atoms with van der Waals surface area (Å²) in [6, 6.07) is 8.73. The van der Waals surface area contributed by atoms with Crippen molar-refractivity contribution in [3.05, 3.63) is 59.2 Å². The minimum atomic E-state index is -0.494. The predicted molar refractivity (Wildman–Crippen MR) is 107 cm³/mol. The number of fused-ring (bicyclic) bond motifs is 1. The van der Waals surface area contributed by atoms with Gasteiger partial charge in [0.05, 0.1) is 26.5 Å². The maximum Gasteiger partial charge on any atom is 0.219 e. The van der Waals surface area contributed by atoms with Crippen LogP contribution >= 0.6 is 0 Å². The van der Waals surface area contributed by atoms with E-state index in [9.17, 15) is 4.79 Å². The molecule has 0 amide bonds. The monoisotopic (exact) mass is 408 g/mol. The highest BCUT2D eigenvalue weighted by Gasteiger charge is 2.39. The van der Waals surface area contributed by atoms with Crippen LogP contribution in [0.2, 0.25) is 0 Å². The van der Waals surface area contributed by atoms with Gasteiger partial charge in [-0.05, 0) is 41.0 Å². The molecular formula is C21H20N4O5. The van der Waals surface area contributed by atoms with E-state index in [4.69, 9.17) is 18.5 Å². The summed E-state index contributed by atoms with van der Waals surface area (Å²) in [5.74, 6) is 2.86. The molecule has 9 heteroatoms. The lowest BCUT2D eigenvalue weighted by Gasteiger charge is -2.29. The smallest absolute Gasteiger partial charge is 0.219 e. The van der Waals surface area contributed by atoms with Crippen LogP contribution in [0.15, 0.2) is 56.9 Å². The fraction of sp³-hybridized carbons (Fsp3) is 0.286. The molecule has 2 atom stereocenters. The molecule has 1 aliphatic heterocycles. The molecule has 0 unspecified atom stereocenters. The lowest BCUT2D eigenvalue weighted by molar-refractivity contribution is -0.116. The molecule has 0 fully saturated rings. The van der Waals surface area contributed by atoms with Crippen molar-refractivity contribution in [2.24, 2.45) is 0 Å². The summed E-state index contributed by atoms with van der Waals surface area (Å²) >= 11 is 0. The van der Waals surface area contributed by atoms with E-state index in [-0.39, 0.29) is 11.7 Å². The van der Waals surface area contributed by atoms with Gasteiger partial charge >= 0.3 is 0 Å². The van der Waals surface area contributed by atoms with Gasteiger partial charge < -0.3 is 24.5 Å². The van der Waals surface area contributed by atoms with Gasteiger partial charge in [-0.3, -0.25) is 4.79 Å². The second-order valence-corrected chi connectivity index (χ2v) is 7.21. The van der Waals surface area contributed by atoms with E-state index in [0.717, 1.165) is 17.0 Å². The number of rotatable bonds is 4. The molecule has 3 aromatic rings. The Morgan fingerprint density at radius 1 is 1.10 bits per heavy atom. The summed E-state index contributed by atoms with van der Waals surface area (Å²) in [6.07, 6.45) is 2.56. The number of ether oxygens (including phenoxy) is 2. The molecule has 0 saturated carbocycles. The molecule has 0 spiro atoms. The van der Waals surface area contributed by atoms with Gasteiger partial charge in [0.1, 0.15) is 17.3 Å². The van der Waals surface area contributed by atoms with Gasteiger partial charge in [-0.2, -0.15) is 0 Å². The number of carbonyl (C=O) groups is 1. The van der Waals surface area contributed by atoms with Crippen molar-refractivity contribution in [1.82, 2.24) is 10.3 Å². The first-order valence-corrected chi connectivity index (χ1v) is 9.55. The van der Waals surface area contributed by atoms with Crippen LogP contribution in [0, 0.1) is 0 Å². The highest BCUT2D eigenvalue weighted by molar-refractivity contribution is 6.01. The maximum absolute atomic E-state index is 13.4. The minimum Gasteiger partial charge on any atom is -0.497 e. The molecule has 9 nitrogen and oxygen atoms in total. The van der Waals surface area contributed by atoms with Crippen molar-refractivity contribution in [2.45, 2.75) is 24.8 Å². The third-order valence-electron chi connectivity index (χ3n) is 5.53. The molecule has 0 bridgehead atoms. The number of hydrogen-bond donors (Lipinski definition) is 2. The van der Waals surface area contributed by atoms with E-state index in [1.165, 1.54) is 0 Å². The zero-order valence-corrected chi connectivity index (χ0v) is 16.5. The number of furan rings is 1. The Bertz CT molecular complexity index is 1120. The van der Waals surface area contributed by atoms with Crippen LogP contribution in [0.3, 0.4) is 0 Å². The highest BCUT2D eigenvalue weighted by atomic mass is 16.6. The first-order chi connectivity index (χ1) is 14.7. The molecule has 2 aliphatic rings. The zero-order chi connectivity index (χ0) is 20.7. The van der Waals surface area contributed by atoms with Crippen LogP contribution in [-0.2, 0) is 4.79 Å². The van der Waals surface area contributed by atoms with Crippen molar-refractivity contribution < 1.29 is 23.3 Å². The molecule has 1 aliphatic carbocycles. The van der Waals surface area contributed by atoms with E-state index in [1.807, 2.05) is 24.3 Å². The molecule has 0 radical (unpaired) electrons. The summed E-state index contributed by atoms with van der Waals surface area (Å²) in [5, 5.41) is 14.4. The Kier molecular flexibility index (Phi) is 4.42. The average Bonchev–Trinajstić information content (AvgIpc) is 3.42. The molecule has 1 aromatic carbocycles. The number of hydrogen-bond acceptors (Lipinski definition) is 9. The Balaban J connectivity index is 1.63. The standard InChI is InChI=1S/C21H20N4O5/c1-27-12-5-6-13(17(10-12)28-2)19-18-14(22-20-21(23-19)25-30-24-20)8-11(9-15(18)26)16-4-3-7-29-16/h3-7,10-11,19H,8-9H2,1-2H3,(H,22,24)(H,23,25)/t11-,19+/m0/s1. The molecule has 30 heavy (non-hydrogen) atoms. The van der Waals surface area contributed by atoms with Crippen molar-refractivity contribution in [1.29, 1.82) is 0 Å². The second-order valence-electron chi connectivity index (χ2n) is 7.21. The molecule has 154 valence electrons. The van der Waals surface area contributed by atoms with Crippen LogP contribution in [0.25, 0.3) is 0 Å². The fourth-order valence-corrected chi connectivity index (χ4v) is 4.12. The predicted octanol–water partition coefficient (Wildman–Crippen LogP) is 3.66. The van der Waals surface area contributed by atoms with Crippen molar-refractivity contribution >= 4 is 17.4 Å². The van der Waals surface area contributed by atoms with Gasteiger partial charge in [0.2, 0.25) is 11.6 Å². The van der Waals surface area contributed by atoms with Crippen LogP contribution in [0.1, 0.15) is 36.1 Å². The summed E-state index contributed by atoms with van der Waals surface area (Å²) in [4.78, 5) is 13.4. The van der Waals surface area contributed by atoms with Gasteiger partial charge in [0.25, 0.3) is 0 Å². The molecule has 2 N–H and O–H groups in total. The molecule has 2 aromatic heterocycles. The van der Waals surface area contributed by atoms with Crippen molar-refractivity contribution in [3.8, 4) is 11.5 Å². The zero-order valence-electron chi connectivity index (χ0n) is 16.5. The normalized spacial score (nSPS) is 20.5. The second kappa shape index (κ2) is 7.25. The van der Waals surface area contributed by atoms with E-state index < -0.39 is 6.04 Å². The molecule has 3 heterocycles. The first-order valence-electron chi connectivity index (χ1n) is 9.55. The Labute approximate surface area is 172 Å². The van der Waals surface area contributed by atoms with Crippen molar-refractivity contribution in [2.75, 3.05) is 24.9 Å². The first kappa shape index (κ1) is 18.3. The number of allylic oxidation sites excluding steroid dienone is 1. The third kappa shape index (κ3) is 2.99. The summed E-state index contributed by atoms with van der Waals surface area (Å²) in [7, 11) is 3.18. The Morgan fingerprint density at radius 2 is 1.97 bits per heavy atom. The number of ketones is 1. The van der Waals surface area contributed by atoms with Gasteiger partial charge in [-0.15, -0.1) is 0 Å². The number of aromatic nitrogens is 2. The maximum atomic E-state index is 13.4. The van der Waals surface area contributed by atoms with Crippen LogP contribution in [-0.4, -0.2) is 30.3 Å². The lowest BCUT2D eigenvalue weighted by Crippen LogP contribution is -2.27. The highest BCUT2D eigenvalue weighted by Crippen LogP contribution is 2.45. The van der Waals surface area contributed by atoms with E-state index in [1.54, 1.807) is 26.5 Å². The summed E-state index contributed by atoms with van der Waals surface area (Å²) in [5.41, 5.74) is 2.17.